The van der Waals surface area contributed by atoms with E-state index in [0.717, 1.165) is 0 Å². The third-order valence-electron chi connectivity index (χ3n) is 0. The maximum atomic E-state index is 0. The van der Waals surface area contributed by atoms with Crippen LogP contribution < -0.4 is 0 Å². The van der Waals surface area contributed by atoms with Crippen LogP contribution in [0.4, 0.5) is 0 Å². The standard InChI is InChI=1S/Al.Co.Mo.Ni.3H. The number of hydrogen-bond donors (Lipinski definition) is 0. The fourth-order valence-corrected chi connectivity index (χ4v) is 0. The van der Waals surface area contributed by atoms with Crippen molar-refractivity contribution in [2.75, 3.05) is 0 Å². The maximum Gasteiger partial charge on any atom is 0.187 e. The van der Waals surface area contributed by atoms with Gasteiger partial charge in [-0.25, -0.2) is 0 Å². The molecule has 0 unspecified atom stereocenters. The van der Waals surface area contributed by atoms with Gasteiger partial charge in [-0.3, -0.25) is 0 Å². The summed E-state index contributed by atoms with van der Waals surface area (Å²) in [6.07, 6.45) is 0. The van der Waals surface area contributed by atoms with E-state index in [2.05, 4.69) is 0 Å². The molecule has 0 bridgehead atoms. The van der Waals surface area contributed by atoms with Crippen LogP contribution in [0.25, 0.3) is 0 Å². The van der Waals surface area contributed by atoms with Crippen LogP contribution in [-0.2, 0) is 54.3 Å². The molecule has 0 aliphatic carbocycles. The molecule has 0 aromatic heterocycles. The molecule has 1 radical (unpaired) electrons. The van der Waals surface area contributed by atoms with E-state index in [9.17, 15) is 0 Å². The van der Waals surface area contributed by atoms with E-state index in [1.165, 1.54) is 0 Å². The molecule has 0 saturated carbocycles. The Labute approximate surface area is 71.0 Å². The molecule has 0 nitrogen and oxygen atoms in total. The van der Waals surface area contributed by atoms with Crippen LogP contribution in [0.2, 0.25) is 0 Å². The predicted octanol–water partition coefficient (Wildman–Crippen LogP) is -1.19. The average Bonchev–Trinajstić information content (AvgIpc) is 0. The Morgan fingerprint density at radius 3 is 1.00 bits per heavy atom. The van der Waals surface area contributed by atoms with Gasteiger partial charge < -0.3 is 0 Å². The van der Waals surface area contributed by atoms with Crippen LogP contribution in [0.3, 0.4) is 0 Å². The Balaban J connectivity index is 0. The summed E-state index contributed by atoms with van der Waals surface area (Å²) in [5, 5.41) is 0. The van der Waals surface area contributed by atoms with E-state index in [0.29, 0.717) is 0 Å². The van der Waals surface area contributed by atoms with E-state index in [-0.39, 0.29) is 71.7 Å². The summed E-state index contributed by atoms with van der Waals surface area (Å²) in [6.45, 7) is 0. The third kappa shape index (κ3) is 8.88. The first-order valence-electron chi connectivity index (χ1n) is 0. The molecule has 4 heavy (non-hydrogen) atoms. The second-order valence-electron chi connectivity index (χ2n) is 0. The van der Waals surface area contributed by atoms with Gasteiger partial charge >= 0.3 is 0 Å². The molecule has 0 aliphatic rings. The van der Waals surface area contributed by atoms with Gasteiger partial charge in [0.05, 0.1) is 0 Å². The van der Waals surface area contributed by atoms with Crippen LogP contribution in [-0.4, -0.2) is 17.4 Å². The van der Waals surface area contributed by atoms with Crippen molar-refractivity contribution in [2.24, 2.45) is 0 Å². The van der Waals surface area contributed by atoms with Crippen molar-refractivity contribution in [2.45, 2.75) is 0 Å². The Kier molecular flexibility index (Phi) is 162. The van der Waals surface area contributed by atoms with Gasteiger partial charge in [0, 0.05) is 54.3 Å². The molecule has 0 saturated heterocycles. The molecule has 0 aromatic rings. The number of rotatable bonds is 0. The molecular weight excluding hydrogens is 241 g/mol. The number of hydrogen-bond acceptors (Lipinski definition) is 0. The van der Waals surface area contributed by atoms with Gasteiger partial charge in [-0.05, 0) is 0 Å². The Morgan fingerprint density at radius 1 is 1.00 bits per heavy atom. The fraction of sp³-hybridized carbons (Fsp3) is 0. The van der Waals surface area contributed by atoms with Crippen molar-refractivity contribution >= 4 is 17.4 Å². The average molecular weight is 244 g/mol. The second-order valence-corrected chi connectivity index (χ2v) is 0. The molecule has 0 atom stereocenters. The zero-order valence-electron chi connectivity index (χ0n) is 1.06. The first-order chi connectivity index (χ1) is 0. The molecule has 0 amide bonds. The van der Waals surface area contributed by atoms with Crippen molar-refractivity contribution < 1.29 is 54.3 Å². The van der Waals surface area contributed by atoms with Crippen molar-refractivity contribution in [3.05, 3.63) is 0 Å². The first-order valence-corrected chi connectivity index (χ1v) is 0. The van der Waals surface area contributed by atoms with Gasteiger partial charge in [-0.15, -0.1) is 0 Å². The Morgan fingerprint density at radius 2 is 1.00 bits per heavy atom. The van der Waals surface area contributed by atoms with E-state index >= 15 is 0 Å². The molecule has 0 rings (SSSR count). The monoisotopic (exact) mass is 245 g/mol. The third-order valence-corrected chi connectivity index (χ3v) is 0. The molecular formula is H3AlCoMoNi. The van der Waals surface area contributed by atoms with E-state index in [4.69, 9.17) is 0 Å². The zero-order chi connectivity index (χ0) is 0. The van der Waals surface area contributed by atoms with Gasteiger partial charge in [0.2, 0.25) is 0 Å². The summed E-state index contributed by atoms with van der Waals surface area (Å²) in [7, 11) is 0. The van der Waals surface area contributed by atoms with Crippen molar-refractivity contribution in [3.63, 3.8) is 0 Å². The van der Waals surface area contributed by atoms with E-state index in [1.54, 1.807) is 0 Å². The fourth-order valence-electron chi connectivity index (χ4n) is 0. The van der Waals surface area contributed by atoms with Crippen molar-refractivity contribution in [1.82, 2.24) is 0 Å². The van der Waals surface area contributed by atoms with Crippen LogP contribution in [0.15, 0.2) is 0 Å². The Hall–Kier alpha value is 2.22. The molecule has 0 fully saturated rings. The van der Waals surface area contributed by atoms with Crippen molar-refractivity contribution in [3.8, 4) is 0 Å². The second kappa shape index (κ2) is 18.9. The minimum Gasteiger partial charge on any atom is 0 e. The smallest absolute Gasteiger partial charge is 0 e. The first kappa shape index (κ1) is 34.4. The molecule has 0 spiro atoms. The Bertz CT molecular complexity index is 8.00. The maximum absolute atomic E-state index is 0. The summed E-state index contributed by atoms with van der Waals surface area (Å²) in [5.74, 6) is 0. The predicted molar refractivity (Wildman–Crippen MR) is 9.94 cm³/mol. The zero-order valence-corrected chi connectivity index (χ0v) is 5.09. The summed E-state index contributed by atoms with van der Waals surface area (Å²) >= 11 is 0. The SMILES string of the molecule is [AlH3].[Co].[Mo].[Ni]. The molecule has 0 heterocycles. The van der Waals surface area contributed by atoms with Gasteiger partial charge in [0.15, 0.2) is 17.4 Å². The van der Waals surface area contributed by atoms with Gasteiger partial charge in [0.25, 0.3) is 0 Å². The summed E-state index contributed by atoms with van der Waals surface area (Å²) in [6, 6.07) is 0. The van der Waals surface area contributed by atoms with E-state index in [1.807, 2.05) is 0 Å². The van der Waals surface area contributed by atoms with Gasteiger partial charge in [-0.2, -0.15) is 0 Å². The molecule has 4 heteroatoms. The largest absolute Gasteiger partial charge is 0.187 e. The molecule has 0 N–H and O–H groups in total. The van der Waals surface area contributed by atoms with Gasteiger partial charge in [0.1, 0.15) is 0 Å². The van der Waals surface area contributed by atoms with Crippen LogP contribution in [0, 0.1) is 0 Å². The van der Waals surface area contributed by atoms with Crippen molar-refractivity contribution in [1.29, 1.82) is 0 Å². The molecule has 31 valence electrons. The molecule has 0 aliphatic heterocycles. The summed E-state index contributed by atoms with van der Waals surface area (Å²) in [4.78, 5) is 0. The molecule has 0 aromatic carbocycles. The van der Waals surface area contributed by atoms with E-state index < -0.39 is 0 Å². The minimum atomic E-state index is 0. The van der Waals surface area contributed by atoms with Gasteiger partial charge in [-0.1, -0.05) is 0 Å². The topological polar surface area (TPSA) is 0 Å². The quantitative estimate of drug-likeness (QED) is 0.470. The normalized spacial score (nSPS) is 0. The summed E-state index contributed by atoms with van der Waals surface area (Å²) < 4.78 is 0. The minimum absolute atomic E-state index is 0. The van der Waals surface area contributed by atoms with Crippen LogP contribution >= 0.6 is 0 Å². The van der Waals surface area contributed by atoms with Crippen LogP contribution in [0.1, 0.15) is 0 Å². The van der Waals surface area contributed by atoms with Crippen LogP contribution in [0.5, 0.6) is 0 Å². The summed E-state index contributed by atoms with van der Waals surface area (Å²) in [5.41, 5.74) is 0.